The van der Waals surface area contributed by atoms with Crippen LogP contribution < -0.4 is 5.32 Å². The molecule has 0 spiro atoms. The molecule has 2 N–H and O–H groups in total. The molecule has 84 valence electrons. The van der Waals surface area contributed by atoms with Crippen molar-refractivity contribution in [3.05, 3.63) is 0 Å². The molecule has 1 unspecified atom stereocenters. The van der Waals surface area contributed by atoms with Crippen LogP contribution in [0.5, 0.6) is 0 Å². The molecule has 0 aromatic carbocycles. The van der Waals surface area contributed by atoms with E-state index in [2.05, 4.69) is 19.2 Å². The SMILES string of the molecule is CCCCCC(C)CC(=O)NCCO. The Balaban J connectivity index is 3.40. The minimum Gasteiger partial charge on any atom is -0.395 e. The van der Waals surface area contributed by atoms with E-state index in [-0.39, 0.29) is 12.5 Å². The fourth-order valence-corrected chi connectivity index (χ4v) is 1.43. The summed E-state index contributed by atoms with van der Waals surface area (Å²) >= 11 is 0. The van der Waals surface area contributed by atoms with E-state index in [1.165, 1.54) is 19.3 Å². The van der Waals surface area contributed by atoms with Gasteiger partial charge < -0.3 is 10.4 Å². The molecule has 3 heteroatoms. The lowest BCUT2D eigenvalue weighted by Gasteiger charge is -2.10. The molecule has 0 aliphatic heterocycles. The summed E-state index contributed by atoms with van der Waals surface area (Å²) < 4.78 is 0. The molecule has 1 amide bonds. The van der Waals surface area contributed by atoms with Gasteiger partial charge in [-0.05, 0) is 5.92 Å². The van der Waals surface area contributed by atoms with Crippen LogP contribution in [-0.4, -0.2) is 24.2 Å². The van der Waals surface area contributed by atoms with Crippen molar-refractivity contribution >= 4 is 5.91 Å². The van der Waals surface area contributed by atoms with Gasteiger partial charge in [0.2, 0.25) is 5.91 Å². The second-order valence-corrected chi connectivity index (χ2v) is 3.88. The van der Waals surface area contributed by atoms with Gasteiger partial charge in [0.05, 0.1) is 6.61 Å². The van der Waals surface area contributed by atoms with Crippen molar-refractivity contribution < 1.29 is 9.90 Å². The first kappa shape index (κ1) is 13.4. The van der Waals surface area contributed by atoms with Crippen molar-refractivity contribution in [2.24, 2.45) is 5.92 Å². The van der Waals surface area contributed by atoms with E-state index in [4.69, 9.17) is 5.11 Å². The maximum absolute atomic E-state index is 11.2. The fraction of sp³-hybridized carbons (Fsp3) is 0.909. The molecule has 14 heavy (non-hydrogen) atoms. The fourth-order valence-electron chi connectivity index (χ4n) is 1.43. The largest absolute Gasteiger partial charge is 0.395 e. The van der Waals surface area contributed by atoms with E-state index < -0.39 is 0 Å². The Bertz CT molecular complexity index is 148. The van der Waals surface area contributed by atoms with Gasteiger partial charge in [0, 0.05) is 13.0 Å². The quantitative estimate of drug-likeness (QED) is 0.587. The standard InChI is InChI=1S/C11H23NO2/c1-3-4-5-6-10(2)9-11(14)12-7-8-13/h10,13H,3-9H2,1-2H3,(H,12,14). The van der Waals surface area contributed by atoms with Crippen LogP contribution in [-0.2, 0) is 4.79 Å². The number of nitrogens with one attached hydrogen (secondary N) is 1. The summed E-state index contributed by atoms with van der Waals surface area (Å²) in [6, 6.07) is 0. The van der Waals surface area contributed by atoms with Crippen molar-refractivity contribution in [2.45, 2.75) is 46.0 Å². The average molecular weight is 201 g/mol. The Labute approximate surface area is 86.9 Å². The number of unbranched alkanes of at least 4 members (excludes halogenated alkanes) is 2. The van der Waals surface area contributed by atoms with E-state index in [1.54, 1.807) is 0 Å². The predicted octanol–water partition coefficient (Wildman–Crippen LogP) is 1.70. The zero-order valence-corrected chi connectivity index (χ0v) is 9.38. The number of carbonyl (C=O) groups is 1. The third-order valence-corrected chi connectivity index (χ3v) is 2.27. The van der Waals surface area contributed by atoms with E-state index in [9.17, 15) is 4.79 Å². The maximum atomic E-state index is 11.2. The van der Waals surface area contributed by atoms with Gasteiger partial charge in [-0.3, -0.25) is 4.79 Å². The first-order chi connectivity index (χ1) is 6.70. The van der Waals surface area contributed by atoms with E-state index in [1.807, 2.05) is 0 Å². The van der Waals surface area contributed by atoms with Crippen molar-refractivity contribution in [1.29, 1.82) is 0 Å². The van der Waals surface area contributed by atoms with Crippen molar-refractivity contribution in [3.63, 3.8) is 0 Å². The molecule has 0 bridgehead atoms. The highest BCUT2D eigenvalue weighted by atomic mass is 16.3. The van der Waals surface area contributed by atoms with Crippen LogP contribution in [0.15, 0.2) is 0 Å². The smallest absolute Gasteiger partial charge is 0.220 e. The van der Waals surface area contributed by atoms with Gasteiger partial charge >= 0.3 is 0 Å². The van der Waals surface area contributed by atoms with Crippen LogP contribution >= 0.6 is 0 Å². The van der Waals surface area contributed by atoms with Crippen LogP contribution in [0.1, 0.15) is 46.0 Å². The molecule has 0 rings (SSSR count). The molecule has 0 saturated carbocycles. The van der Waals surface area contributed by atoms with E-state index in [0.29, 0.717) is 18.9 Å². The molecule has 1 atom stereocenters. The number of aliphatic hydroxyl groups is 1. The Morgan fingerprint density at radius 1 is 1.43 bits per heavy atom. The molecule has 3 nitrogen and oxygen atoms in total. The first-order valence-corrected chi connectivity index (χ1v) is 5.58. The van der Waals surface area contributed by atoms with Crippen LogP contribution in [0, 0.1) is 5.92 Å². The highest BCUT2D eigenvalue weighted by molar-refractivity contribution is 5.76. The lowest BCUT2D eigenvalue weighted by molar-refractivity contribution is -0.122. The summed E-state index contributed by atoms with van der Waals surface area (Å²) in [5.41, 5.74) is 0. The Hall–Kier alpha value is -0.570. The Morgan fingerprint density at radius 2 is 2.14 bits per heavy atom. The topological polar surface area (TPSA) is 49.3 Å². The highest BCUT2D eigenvalue weighted by Crippen LogP contribution is 2.12. The number of amides is 1. The lowest BCUT2D eigenvalue weighted by atomic mass is 10.00. The normalized spacial score (nSPS) is 12.5. The summed E-state index contributed by atoms with van der Waals surface area (Å²) in [7, 11) is 0. The summed E-state index contributed by atoms with van der Waals surface area (Å²) in [5, 5.41) is 11.2. The molecule has 0 aliphatic rings. The van der Waals surface area contributed by atoms with Crippen LogP contribution in [0.3, 0.4) is 0 Å². The van der Waals surface area contributed by atoms with Gasteiger partial charge in [-0.2, -0.15) is 0 Å². The second kappa shape index (κ2) is 9.00. The monoisotopic (exact) mass is 201 g/mol. The van der Waals surface area contributed by atoms with Gasteiger partial charge in [0.1, 0.15) is 0 Å². The number of rotatable bonds is 8. The van der Waals surface area contributed by atoms with Crippen LogP contribution in [0.4, 0.5) is 0 Å². The predicted molar refractivity (Wildman–Crippen MR) is 58.0 cm³/mol. The average Bonchev–Trinajstić information content (AvgIpc) is 2.15. The molecule has 0 heterocycles. The number of carbonyl (C=O) groups excluding carboxylic acids is 1. The van der Waals surface area contributed by atoms with Crippen LogP contribution in [0.2, 0.25) is 0 Å². The van der Waals surface area contributed by atoms with Gasteiger partial charge in [-0.25, -0.2) is 0 Å². The van der Waals surface area contributed by atoms with Crippen molar-refractivity contribution in [1.82, 2.24) is 5.32 Å². The van der Waals surface area contributed by atoms with Crippen LogP contribution in [0.25, 0.3) is 0 Å². The van der Waals surface area contributed by atoms with Gasteiger partial charge in [0.15, 0.2) is 0 Å². The van der Waals surface area contributed by atoms with Gasteiger partial charge in [-0.15, -0.1) is 0 Å². The molecule has 0 aliphatic carbocycles. The summed E-state index contributed by atoms with van der Waals surface area (Å²) in [6.45, 7) is 4.68. The zero-order chi connectivity index (χ0) is 10.8. The van der Waals surface area contributed by atoms with E-state index >= 15 is 0 Å². The van der Waals surface area contributed by atoms with Gasteiger partial charge in [0.25, 0.3) is 0 Å². The van der Waals surface area contributed by atoms with E-state index in [0.717, 1.165) is 6.42 Å². The third-order valence-electron chi connectivity index (χ3n) is 2.27. The molecule has 0 aromatic heterocycles. The zero-order valence-electron chi connectivity index (χ0n) is 9.38. The summed E-state index contributed by atoms with van der Waals surface area (Å²) in [6.07, 6.45) is 5.40. The molecular formula is C11H23NO2. The lowest BCUT2D eigenvalue weighted by Crippen LogP contribution is -2.27. The third kappa shape index (κ3) is 8.05. The number of hydrogen-bond acceptors (Lipinski definition) is 2. The van der Waals surface area contributed by atoms with Gasteiger partial charge in [-0.1, -0.05) is 39.5 Å². The highest BCUT2D eigenvalue weighted by Gasteiger charge is 2.07. The molecular weight excluding hydrogens is 178 g/mol. The molecule has 0 aromatic rings. The summed E-state index contributed by atoms with van der Waals surface area (Å²) in [4.78, 5) is 11.2. The van der Waals surface area contributed by atoms with Crippen molar-refractivity contribution in [2.75, 3.05) is 13.2 Å². The Morgan fingerprint density at radius 3 is 2.71 bits per heavy atom. The molecule has 0 saturated heterocycles. The molecule has 0 radical (unpaired) electrons. The maximum Gasteiger partial charge on any atom is 0.220 e. The number of hydrogen-bond donors (Lipinski definition) is 2. The minimum atomic E-state index is 0.0238. The minimum absolute atomic E-state index is 0.0238. The van der Waals surface area contributed by atoms with Crippen molar-refractivity contribution in [3.8, 4) is 0 Å². The summed E-state index contributed by atoms with van der Waals surface area (Å²) in [5.74, 6) is 0.517. The first-order valence-electron chi connectivity index (χ1n) is 5.58. The molecule has 0 fully saturated rings. The second-order valence-electron chi connectivity index (χ2n) is 3.88. The number of aliphatic hydroxyl groups excluding tert-OH is 1. The Kier molecular flexibility index (Phi) is 8.64.